The lowest BCUT2D eigenvalue weighted by Gasteiger charge is -2.23. The minimum atomic E-state index is -4.34. The first-order valence-corrected chi connectivity index (χ1v) is 19.4. The maximum Gasteiger partial charge on any atom is 0.472 e. The van der Waals surface area contributed by atoms with Crippen LogP contribution in [0.4, 0.5) is 0 Å². The second kappa shape index (κ2) is 33.1. The van der Waals surface area contributed by atoms with Gasteiger partial charge in [0.1, 0.15) is 0 Å². The monoisotopic (exact) mass is 666 g/mol. The zero-order valence-electron chi connectivity index (χ0n) is 29.0. The van der Waals surface area contributed by atoms with Crippen LogP contribution in [0.1, 0.15) is 136 Å². The molecule has 5 N–H and O–H groups in total. The fraction of sp³-hybridized carbons (Fsp3) is 0.703. The van der Waals surface area contributed by atoms with Crippen LogP contribution in [0, 0.1) is 0 Å². The quantitative estimate of drug-likeness (QED) is 0.0320. The summed E-state index contributed by atoms with van der Waals surface area (Å²) in [5.41, 5.74) is 5.34. The highest BCUT2D eigenvalue weighted by atomic mass is 31.2. The van der Waals surface area contributed by atoms with Crippen molar-refractivity contribution in [3.8, 4) is 0 Å². The van der Waals surface area contributed by atoms with Gasteiger partial charge in [-0.25, -0.2) is 4.57 Å². The van der Waals surface area contributed by atoms with Gasteiger partial charge in [0.25, 0.3) is 0 Å². The largest absolute Gasteiger partial charge is 0.472 e. The minimum absolute atomic E-state index is 0.0711. The number of nitrogens with one attached hydrogen (secondary N) is 1. The SMILES string of the molecule is CC/C=C\C/C=C\C/C=C\C/C=C\CCCCCCC(=O)NC(COP(=O)(O)OCCN)C(O)/C=C/CCCCCCCCCC. The average Bonchev–Trinajstić information content (AvgIpc) is 3.04. The number of hydrogen-bond acceptors (Lipinski definition) is 6. The standard InChI is InChI=1S/C37H67N2O6P/c1-3-5-7-9-11-13-15-16-17-18-19-20-21-23-25-27-29-31-37(41)39-35(34-45-46(42,43)44-33-32-38)36(40)30-28-26-24-22-14-12-10-8-6-4-2/h5,7,11,13,16-17,19-20,28,30,35-36,40H,3-4,6,8-10,12,14-15,18,21-27,29,31-34,38H2,1-2H3,(H,39,41)(H,42,43)/b7-5-,13-11-,17-16-,20-19-,30-28+. The summed E-state index contributed by atoms with van der Waals surface area (Å²) in [5.74, 6) is -0.223. The van der Waals surface area contributed by atoms with Crippen molar-refractivity contribution in [1.82, 2.24) is 5.32 Å². The highest BCUT2D eigenvalue weighted by molar-refractivity contribution is 7.47. The van der Waals surface area contributed by atoms with E-state index in [0.29, 0.717) is 6.42 Å². The zero-order chi connectivity index (χ0) is 34.0. The van der Waals surface area contributed by atoms with Crippen LogP contribution in [0.3, 0.4) is 0 Å². The molecule has 0 aliphatic heterocycles. The van der Waals surface area contributed by atoms with Gasteiger partial charge in [-0.1, -0.05) is 132 Å². The molecule has 0 aromatic carbocycles. The summed E-state index contributed by atoms with van der Waals surface area (Å²) in [4.78, 5) is 22.5. The van der Waals surface area contributed by atoms with Crippen LogP contribution in [0.5, 0.6) is 0 Å². The molecule has 3 atom stereocenters. The molecule has 0 aliphatic rings. The Morgan fingerprint density at radius 3 is 1.85 bits per heavy atom. The van der Waals surface area contributed by atoms with Gasteiger partial charge in [0.05, 0.1) is 25.4 Å². The van der Waals surface area contributed by atoms with Crippen molar-refractivity contribution in [2.24, 2.45) is 5.73 Å². The third-order valence-corrected chi connectivity index (χ3v) is 8.33. The van der Waals surface area contributed by atoms with Crippen molar-refractivity contribution in [3.05, 3.63) is 60.8 Å². The van der Waals surface area contributed by atoms with Crippen LogP contribution in [0.15, 0.2) is 60.8 Å². The van der Waals surface area contributed by atoms with Gasteiger partial charge in [-0.05, 0) is 57.8 Å². The molecule has 8 nitrogen and oxygen atoms in total. The minimum Gasteiger partial charge on any atom is -0.387 e. The van der Waals surface area contributed by atoms with Crippen LogP contribution in [-0.2, 0) is 18.4 Å². The maximum absolute atomic E-state index is 12.7. The number of carbonyl (C=O) groups excluding carboxylic acids is 1. The molecule has 0 aromatic heterocycles. The second-order valence-electron chi connectivity index (χ2n) is 11.7. The summed E-state index contributed by atoms with van der Waals surface area (Å²) in [6.45, 7) is 3.94. The van der Waals surface area contributed by atoms with E-state index in [2.05, 4.69) is 67.8 Å². The Labute approximate surface area is 281 Å². The number of nitrogens with two attached hydrogens (primary N) is 1. The van der Waals surface area contributed by atoms with E-state index >= 15 is 0 Å². The first kappa shape index (κ1) is 44.2. The Kier molecular flexibility index (Phi) is 31.8. The number of hydrogen-bond donors (Lipinski definition) is 4. The molecule has 0 rings (SSSR count). The van der Waals surface area contributed by atoms with Gasteiger partial charge in [0.2, 0.25) is 5.91 Å². The molecule has 0 radical (unpaired) electrons. The third kappa shape index (κ3) is 30.8. The zero-order valence-corrected chi connectivity index (χ0v) is 29.9. The predicted molar refractivity (Wildman–Crippen MR) is 193 cm³/mol. The lowest BCUT2D eigenvalue weighted by atomic mass is 10.1. The summed E-state index contributed by atoms with van der Waals surface area (Å²) in [5, 5.41) is 13.5. The lowest BCUT2D eigenvalue weighted by Crippen LogP contribution is -2.45. The summed E-state index contributed by atoms with van der Waals surface area (Å²) in [7, 11) is -4.34. The molecule has 0 bridgehead atoms. The van der Waals surface area contributed by atoms with Crippen molar-refractivity contribution in [2.45, 2.75) is 148 Å². The van der Waals surface area contributed by atoms with Crippen LogP contribution < -0.4 is 11.1 Å². The third-order valence-electron chi connectivity index (χ3n) is 7.35. The highest BCUT2D eigenvalue weighted by Gasteiger charge is 2.26. The molecule has 46 heavy (non-hydrogen) atoms. The Bertz CT molecular complexity index is 902. The Morgan fingerprint density at radius 2 is 1.26 bits per heavy atom. The van der Waals surface area contributed by atoms with Gasteiger partial charge < -0.3 is 21.1 Å². The topological polar surface area (TPSA) is 131 Å². The van der Waals surface area contributed by atoms with Crippen LogP contribution in [-0.4, -0.2) is 47.8 Å². The summed E-state index contributed by atoms with van der Waals surface area (Å²) < 4.78 is 22.0. The number of carbonyl (C=O) groups is 1. The van der Waals surface area contributed by atoms with E-state index in [4.69, 9.17) is 14.8 Å². The van der Waals surface area contributed by atoms with Gasteiger partial charge in [-0.15, -0.1) is 0 Å². The number of amides is 1. The molecule has 0 aliphatic carbocycles. The summed E-state index contributed by atoms with van der Waals surface area (Å²) in [6.07, 6.45) is 39.8. The van der Waals surface area contributed by atoms with E-state index in [1.54, 1.807) is 6.08 Å². The molecule has 266 valence electrons. The van der Waals surface area contributed by atoms with Gasteiger partial charge in [-0.3, -0.25) is 13.8 Å². The highest BCUT2D eigenvalue weighted by Crippen LogP contribution is 2.43. The smallest absolute Gasteiger partial charge is 0.387 e. The van der Waals surface area contributed by atoms with E-state index in [9.17, 15) is 19.4 Å². The van der Waals surface area contributed by atoms with E-state index in [-0.39, 0.29) is 25.7 Å². The van der Waals surface area contributed by atoms with E-state index < -0.39 is 20.0 Å². The van der Waals surface area contributed by atoms with Crippen LogP contribution in [0.25, 0.3) is 0 Å². The molecule has 0 heterocycles. The summed E-state index contributed by atoms with van der Waals surface area (Å²) in [6, 6.07) is -0.873. The molecule has 0 saturated carbocycles. The number of phosphoric acid groups is 1. The maximum atomic E-state index is 12.7. The number of allylic oxidation sites excluding steroid dienone is 9. The fourth-order valence-corrected chi connectivity index (χ4v) is 5.41. The lowest BCUT2D eigenvalue weighted by molar-refractivity contribution is -0.123. The Hall–Kier alpha value is -1.80. The van der Waals surface area contributed by atoms with E-state index in [0.717, 1.165) is 77.0 Å². The summed E-state index contributed by atoms with van der Waals surface area (Å²) >= 11 is 0. The van der Waals surface area contributed by atoms with Crippen LogP contribution in [0.2, 0.25) is 0 Å². The molecule has 3 unspecified atom stereocenters. The molecule has 9 heteroatoms. The van der Waals surface area contributed by atoms with Crippen molar-refractivity contribution in [2.75, 3.05) is 19.8 Å². The average molecular weight is 667 g/mol. The molecular formula is C37H67N2O6P. The van der Waals surface area contributed by atoms with Gasteiger partial charge in [0.15, 0.2) is 0 Å². The fourth-order valence-electron chi connectivity index (χ4n) is 4.65. The van der Waals surface area contributed by atoms with Crippen LogP contribution >= 0.6 is 7.82 Å². The Morgan fingerprint density at radius 1 is 0.739 bits per heavy atom. The molecular weight excluding hydrogens is 599 g/mol. The Balaban J connectivity index is 4.38. The van der Waals surface area contributed by atoms with Crippen molar-refractivity contribution < 1.29 is 28.4 Å². The van der Waals surface area contributed by atoms with Crippen molar-refractivity contribution >= 4 is 13.7 Å². The van der Waals surface area contributed by atoms with Crippen molar-refractivity contribution in [1.29, 1.82) is 0 Å². The number of unbranched alkanes of at least 4 members (excludes halogenated alkanes) is 12. The normalized spacial score (nSPS) is 15.2. The van der Waals surface area contributed by atoms with Gasteiger partial charge in [0, 0.05) is 13.0 Å². The van der Waals surface area contributed by atoms with Gasteiger partial charge >= 0.3 is 7.82 Å². The number of aliphatic hydroxyl groups excluding tert-OH is 1. The predicted octanol–water partition coefficient (Wildman–Crippen LogP) is 9.16. The molecule has 0 saturated heterocycles. The van der Waals surface area contributed by atoms with Gasteiger partial charge in [-0.2, -0.15) is 0 Å². The second-order valence-corrected chi connectivity index (χ2v) is 13.1. The molecule has 0 spiro atoms. The van der Waals surface area contributed by atoms with Crippen molar-refractivity contribution in [3.63, 3.8) is 0 Å². The number of rotatable bonds is 32. The number of aliphatic hydroxyl groups is 1. The van der Waals surface area contributed by atoms with E-state index in [1.165, 1.54) is 38.5 Å². The first-order valence-electron chi connectivity index (χ1n) is 17.9. The first-order chi connectivity index (χ1) is 22.4. The molecule has 1 amide bonds. The van der Waals surface area contributed by atoms with E-state index in [1.807, 2.05) is 6.08 Å². The molecule has 0 aromatic rings. The molecule has 0 fully saturated rings. The number of phosphoric ester groups is 1.